The monoisotopic (exact) mass is 361 g/mol. The minimum atomic E-state index is -0.604. The largest absolute Gasteiger partial charge is 0.389 e. The van der Waals surface area contributed by atoms with Crippen molar-refractivity contribution in [1.82, 2.24) is 25.1 Å². The number of rotatable bonds is 2. The van der Waals surface area contributed by atoms with Gasteiger partial charge >= 0.3 is 0 Å². The molecule has 7 nitrogen and oxygen atoms in total. The van der Waals surface area contributed by atoms with E-state index in [0.717, 1.165) is 25.7 Å². The highest BCUT2D eigenvalue weighted by molar-refractivity contribution is 6.33. The second-order valence-corrected chi connectivity index (χ2v) is 7.37. The molecule has 0 unspecified atom stereocenters. The third kappa shape index (κ3) is 3.02. The average Bonchev–Trinajstić information content (AvgIpc) is 3.15. The zero-order valence-corrected chi connectivity index (χ0v) is 14.6. The summed E-state index contributed by atoms with van der Waals surface area (Å²) in [5.41, 5.74) is 0.521. The van der Waals surface area contributed by atoms with E-state index >= 15 is 0 Å². The van der Waals surface area contributed by atoms with E-state index in [1.165, 1.54) is 11.0 Å². The molecule has 2 fully saturated rings. The fourth-order valence-electron chi connectivity index (χ4n) is 4.02. The number of nitrogens with zero attached hydrogens (tertiary/aromatic N) is 5. The first-order valence-electron chi connectivity index (χ1n) is 8.61. The van der Waals surface area contributed by atoms with Crippen molar-refractivity contribution in [2.24, 2.45) is 5.92 Å². The van der Waals surface area contributed by atoms with E-state index in [1.54, 1.807) is 18.2 Å². The quantitative estimate of drug-likeness (QED) is 0.885. The molecular formula is C17H20ClN5O2. The van der Waals surface area contributed by atoms with Gasteiger partial charge in [0.25, 0.3) is 5.91 Å². The van der Waals surface area contributed by atoms with Gasteiger partial charge in [-0.3, -0.25) is 4.79 Å². The second kappa shape index (κ2) is 6.38. The summed E-state index contributed by atoms with van der Waals surface area (Å²) in [6, 6.07) is 5.17. The van der Waals surface area contributed by atoms with Crippen LogP contribution in [0.4, 0.5) is 0 Å². The molecule has 132 valence electrons. The third-order valence-electron chi connectivity index (χ3n) is 5.51. The molecule has 2 aliphatic rings. The number of aromatic nitrogens is 4. The molecule has 0 spiro atoms. The van der Waals surface area contributed by atoms with Crippen LogP contribution >= 0.6 is 11.6 Å². The summed E-state index contributed by atoms with van der Waals surface area (Å²) in [4.78, 5) is 14.8. The number of carbonyl (C=O) groups excluding carboxylic acids is 1. The van der Waals surface area contributed by atoms with Gasteiger partial charge in [0.15, 0.2) is 0 Å². The van der Waals surface area contributed by atoms with E-state index in [2.05, 4.69) is 15.5 Å². The summed E-state index contributed by atoms with van der Waals surface area (Å²) in [5, 5.41) is 22.3. The van der Waals surface area contributed by atoms with Gasteiger partial charge in [-0.25, -0.2) is 4.68 Å². The van der Waals surface area contributed by atoms with Crippen LogP contribution in [0, 0.1) is 5.92 Å². The van der Waals surface area contributed by atoms with Gasteiger partial charge in [-0.05, 0) is 47.9 Å². The SMILES string of the molecule is O=C(c1cc(-n2cnnn2)ccc1Cl)N1CC[C@@]2(O)CCCC[C@H]2C1. The Hall–Kier alpha value is -1.99. The van der Waals surface area contributed by atoms with Crippen molar-refractivity contribution in [3.63, 3.8) is 0 Å². The molecule has 1 aliphatic carbocycles. The van der Waals surface area contributed by atoms with E-state index in [0.29, 0.717) is 35.8 Å². The number of hydrogen-bond donors (Lipinski definition) is 1. The molecule has 1 saturated heterocycles. The highest BCUT2D eigenvalue weighted by atomic mass is 35.5. The number of fused-ring (bicyclic) bond motifs is 1. The van der Waals surface area contributed by atoms with Crippen LogP contribution in [0.5, 0.6) is 0 Å². The van der Waals surface area contributed by atoms with Crippen LogP contribution in [0.3, 0.4) is 0 Å². The summed E-state index contributed by atoms with van der Waals surface area (Å²) >= 11 is 6.28. The Balaban J connectivity index is 1.58. The topological polar surface area (TPSA) is 84.1 Å². The van der Waals surface area contributed by atoms with Crippen LogP contribution in [0.15, 0.2) is 24.5 Å². The van der Waals surface area contributed by atoms with Gasteiger partial charge in [-0.2, -0.15) is 0 Å². The standard InChI is InChI=1S/C17H20ClN5O2/c18-15-5-4-13(23-11-19-20-21-23)9-14(15)16(24)22-8-7-17(25)6-2-1-3-12(17)10-22/h4-5,9,11-12,25H,1-3,6-8,10H2/t12-,17-/m0/s1. The zero-order chi connectivity index (χ0) is 17.4. The van der Waals surface area contributed by atoms with E-state index in [1.807, 2.05) is 4.90 Å². The van der Waals surface area contributed by atoms with Crippen molar-refractivity contribution in [2.75, 3.05) is 13.1 Å². The summed E-state index contributed by atoms with van der Waals surface area (Å²) in [7, 11) is 0. The molecule has 1 saturated carbocycles. The van der Waals surface area contributed by atoms with Crippen molar-refractivity contribution in [1.29, 1.82) is 0 Å². The van der Waals surface area contributed by atoms with Crippen LogP contribution < -0.4 is 0 Å². The molecule has 0 radical (unpaired) electrons. The number of piperidine rings is 1. The van der Waals surface area contributed by atoms with Crippen molar-refractivity contribution in [2.45, 2.75) is 37.7 Å². The molecule has 8 heteroatoms. The number of halogens is 1. The first-order chi connectivity index (χ1) is 12.1. The fraction of sp³-hybridized carbons (Fsp3) is 0.529. The summed E-state index contributed by atoms with van der Waals surface area (Å²) in [6.07, 6.45) is 6.10. The minimum absolute atomic E-state index is 0.104. The van der Waals surface area contributed by atoms with Crippen LogP contribution in [0.25, 0.3) is 5.69 Å². The molecule has 2 aromatic rings. The molecule has 1 amide bonds. The maximum Gasteiger partial charge on any atom is 0.255 e. The van der Waals surface area contributed by atoms with Crippen LogP contribution in [-0.4, -0.2) is 54.8 Å². The Bertz CT molecular complexity index is 781. The molecule has 2 atom stereocenters. The lowest BCUT2D eigenvalue weighted by atomic mass is 9.71. The molecule has 1 aliphatic heterocycles. The van der Waals surface area contributed by atoms with Crippen molar-refractivity contribution in [3.8, 4) is 5.69 Å². The summed E-state index contributed by atoms with van der Waals surface area (Å²) in [6.45, 7) is 1.14. The van der Waals surface area contributed by atoms with Crippen molar-refractivity contribution >= 4 is 17.5 Å². The average molecular weight is 362 g/mol. The third-order valence-corrected chi connectivity index (χ3v) is 5.84. The molecule has 2 heterocycles. The normalized spacial score (nSPS) is 26.3. The highest BCUT2D eigenvalue weighted by Gasteiger charge is 2.43. The lowest BCUT2D eigenvalue weighted by molar-refractivity contribution is -0.0886. The molecule has 4 rings (SSSR count). The van der Waals surface area contributed by atoms with Gasteiger partial charge in [-0.15, -0.1) is 5.10 Å². The number of aliphatic hydroxyl groups is 1. The van der Waals surface area contributed by atoms with Crippen LogP contribution in [0.1, 0.15) is 42.5 Å². The van der Waals surface area contributed by atoms with E-state index in [9.17, 15) is 9.90 Å². The predicted octanol–water partition coefficient (Wildman–Crippen LogP) is 2.08. The Morgan fingerprint density at radius 2 is 2.20 bits per heavy atom. The van der Waals surface area contributed by atoms with Crippen LogP contribution in [-0.2, 0) is 0 Å². The van der Waals surface area contributed by atoms with Crippen molar-refractivity contribution < 1.29 is 9.90 Å². The predicted molar refractivity (Wildman–Crippen MR) is 91.6 cm³/mol. The van der Waals surface area contributed by atoms with Gasteiger partial charge in [-0.1, -0.05) is 24.4 Å². The molecular weight excluding hydrogens is 342 g/mol. The van der Waals surface area contributed by atoms with E-state index in [4.69, 9.17) is 11.6 Å². The highest BCUT2D eigenvalue weighted by Crippen LogP contribution is 2.40. The minimum Gasteiger partial charge on any atom is -0.389 e. The van der Waals surface area contributed by atoms with Crippen molar-refractivity contribution in [3.05, 3.63) is 35.1 Å². The lowest BCUT2D eigenvalue weighted by Crippen LogP contribution is -2.54. The molecule has 1 aromatic heterocycles. The smallest absolute Gasteiger partial charge is 0.255 e. The number of likely N-dealkylation sites (tertiary alicyclic amines) is 1. The fourth-order valence-corrected chi connectivity index (χ4v) is 4.22. The molecule has 25 heavy (non-hydrogen) atoms. The second-order valence-electron chi connectivity index (χ2n) is 6.97. The van der Waals surface area contributed by atoms with E-state index in [-0.39, 0.29) is 11.8 Å². The number of hydrogen-bond acceptors (Lipinski definition) is 5. The Morgan fingerprint density at radius 3 is 3.00 bits per heavy atom. The maximum atomic E-state index is 13.0. The Kier molecular flexibility index (Phi) is 4.21. The first kappa shape index (κ1) is 16.5. The maximum absolute atomic E-state index is 13.0. The number of carbonyl (C=O) groups is 1. The number of tetrazole rings is 1. The van der Waals surface area contributed by atoms with Gasteiger partial charge in [0.1, 0.15) is 6.33 Å². The van der Waals surface area contributed by atoms with Gasteiger partial charge in [0, 0.05) is 19.0 Å². The lowest BCUT2D eigenvalue weighted by Gasteiger charge is -2.47. The Labute approximate surface area is 150 Å². The van der Waals surface area contributed by atoms with Crippen LogP contribution in [0.2, 0.25) is 5.02 Å². The first-order valence-corrected chi connectivity index (χ1v) is 8.99. The van der Waals surface area contributed by atoms with E-state index < -0.39 is 5.60 Å². The molecule has 0 bridgehead atoms. The van der Waals surface area contributed by atoms with Gasteiger partial charge in [0.2, 0.25) is 0 Å². The molecule has 1 N–H and O–H groups in total. The van der Waals surface area contributed by atoms with Gasteiger partial charge in [0.05, 0.1) is 21.9 Å². The summed E-state index contributed by atoms with van der Waals surface area (Å²) < 4.78 is 1.49. The van der Waals surface area contributed by atoms with Gasteiger partial charge < -0.3 is 10.0 Å². The molecule has 1 aromatic carbocycles. The number of benzene rings is 1. The number of amides is 1. The summed E-state index contributed by atoms with van der Waals surface area (Å²) in [5.74, 6) is 0.0490. The Morgan fingerprint density at radius 1 is 1.32 bits per heavy atom. The zero-order valence-electron chi connectivity index (χ0n) is 13.8.